The number of aromatic nitrogens is 4. The van der Waals surface area contributed by atoms with E-state index in [0.717, 1.165) is 28.7 Å². The molecule has 4 heterocycles. The van der Waals surface area contributed by atoms with E-state index in [1.165, 1.54) is 39.9 Å². The summed E-state index contributed by atoms with van der Waals surface area (Å²) in [6, 6.07) is 6.82. The van der Waals surface area contributed by atoms with Crippen molar-refractivity contribution >= 4 is 32.6 Å². The van der Waals surface area contributed by atoms with E-state index in [1.807, 2.05) is 35.5 Å². The zero-order valence-electron chi connectivity index (χ0n) is 14.5. The van der Waals surface area contributed by atoms with E-state index < -0.39 is 0 Å². The summed E-state index contributed by atoms with van der Waals surface area (Å²) in [5, 5.41) is 6.80. The van der Waals surface area contributed by atoms with E-state index in [0.29, 0.717) is 5.92 Å². The molecule has 4 nitrogen and oxygen atoms in total. The molecule has 0 N–H and O–H groups in total. The van der Waals surface area contributed by atoms with Gasteiger partial charge in [0.15, 0.2) is 5.65 Å². The lowest BCUT2D eigenvalue weighted by Crippen LogP contribution is -1.90. The van der Waals surface area contributed by atoms with Crippen LogP contribution in [0.2, 0.25) is 0 Å². The SMILES string of the molecule is CCCc1cc2c(C3CC3)cc(-c3cnc4nn(C)cc4c3)nc2s1. The van der Waals surface area contributed by atoms with Crippen LogP contribution in [0.4, 0.5) is 0 Å². The fraction of sp³-hybridized carbons (Fsp3) is 0.350. The number of thiophene rings is 1. The molecule has 0 atom stereocenters. The molecule has 25 heavy (non-hydrogen) atoms. The summed E-state index contributed by atoms with van der Waals surface area (Å²) < 4.78 is 1.81. The van der Waals surface area contributed by atoms with Gasteiger partial charge in [-0.25, -0.2) is 9.97 Å². The van der Waals surface area contributed by atoms with Gasteiger partial charge in [0.2, 0.25) is 0 Å². The van der Waals surface area contributed by atoms with Crippen LogP contribution in [0.1, 0.15) is 42.5 Å². The minimum absolute atomic E-state index is 0.711. The number of fused-ring (bicyclic) bond motifs is 2. The first-order valence-corrected chi connectivity index (χ1v) is 9.76. The van der Waals surface area contributed by atoms with Gasteiger partial charge in [0, 0.05) is 40.7 Å². The van der Waals surface area contributed by atoms with Gasteiger partial charge in [0.25, 0.3) is 0 Å². The lowest BCUT2D eigenvalue weighted by atomic mass is 10.0. The van der Waals surface area contributed by atoms with Crippen LogP contribution in [0.15, 0.2) is 30.6 Å². The van der Waals surface area contributed by atoms with Crippen LogP contribution in [0.25, 0.3) is 32.5 Å². The van der Waals surface area contributed by atoms with E-state index in [4.69, 9.17) is 4.98 Å². The molecule has 1 saturated carbocycles. The molecule has 0 bridgehead atoms. The van der Waals surface area contributed by atoms with Crippen molar-refractivity contribution in [3.63, 3.8) is 0 Å². The minimum Gasteiger partial charge on any atom is -0.273 e. The van der Waals surface area contributed by atoms with E-state index in [9.17, 15) is 0 Å². The van der Waals surface area contributed by atoms with E-state index in [-0.39, 0.29) is 0 Å². The Morgan fingerprint density at radius 3 is 2.92 bits per heavy atom. The molecule has 0 spiro atoms. The predicted molar refractivity (Wildman–Crippen MR) is 103 cm³/mol. The van der Waals surface area contributed by atoms with Crippen molar-refractivity contribution in [3.05, 3.63) is 41.0 Å². The van der Waals surface area contributed by atoms with Crippen molar-refractivity contribution in [2.45, 2.75) is 38.5 Å². The topological polar surface area (TPSA) is 43.6 Å². The molecule has 5 heteroatoms. The monoisotopic (exact) mass is 348 g/mol. The fourth-order valence-corrected chi connectivity index (χ4v) is 4.67. The van der Waals surface area contributed by atoms with Crippen molar-refractivity contribution in [3.8, 4) is 11.3 Å². The average molecular weight is 348 g/mol. The normalized spacial score (nSPS) is 14.6. The standard InChI is InChI=1S/C20H20N4S/c1-3-4-15-8-17-16(12-5-6-12)9-18(22-20(17)25-15)13-7-14-11-24(2)23-19(14)21-10-13/h7-12H,3-6H2,1-2H3. The maximum atomic E-state index is 4.98. The average Bonchev–Trinajstić information content (AvgIpc) is 3.25. The second kappa shape index (κ2) is 5.63. The molecule has 1 aliphatic carbocycles. The van der Waals surface area contributed by atoms with Crippen molar-refractivity contribution in [2.24, 2.45) is 7.05 Å². The zero-order valence-corrected chi connectivity index (χ0v) is 15.3. The molecule has 0 amide bonds. The van der Waals surface area contributed by atoms with E-state index in [2.05, 4.69) is 35.2 Å². The van der Waals surface area contributed by atoms with Gasteiger partial charge in [-0.3, -0.25) is 4.68 Å². The Hall–Kier alpha value is -2.27. The highest BCUT2D eigenvalue weighted by Gasteiger charge is 2.27. The molecule has 4 aromatic rings. The second-order valence-corrected chi connectivity index (χ2v) is 8.11. The lowest BCUT2D eigenvalue weighted by molar-refractivity contribution is 0.776. The molecule has 0 saturated heterocycles. The van der Waals surface area contributed by atoms with Gasteiger partial charge in [-0.1, -0.05) is 13.3 Å². The molecule has 0 aromatic carbocycles. The molecule has 1 fully saturated rings. The Morgan fingerprint density at radius 2 is 2.12 bits per heavy atom. The largest absolute Gasteiger partial charge is 0.273 e. The second-order valence-electron chi connectivity index (χ2n) is 6.99. The number of aryl methyl sites for hydroxylation is 2. The third kappa shape index (κ3) is 2.63. The van der Waals surface area contributed by atoms with Crippen molar-refractivity contribution < 1.29 is 0 Å². The molecule has 0 aliphatic heterocycles. The predicted octanol–water partition coefficient (Wildman–Crippen LogP) is 5.07. The Labute approximate surface area is 150 Å². The van der Waals surface area contributed by atoms with Gasteiger partial charge in [-0.15, -0.1) is 11.3 Å². The summed E-state index contributed by atoms with van der Waals surface area (Å²) in [5.74, 6) is 0.711. The third-order valence-electron chi connectivity index (χ3n) is 4.87. The van der Waals surface area contributed by atoms with Crippen molar-refractivity contribution in [1.29, 1.82) is 0 Å². The van der Waals surface area contributed by atoms with Crippen molar-refractivity contribution in [1.82, 2.24) is 19.7 Å². The number of nitrogens with zero attached hydrogens (tertiary/aromatic N) is 4. The number of hydrogen-bond acceptors (Lipinski definition) is 4. The van der Waals surface area contributed by atoms with Crippen LogP contribution >= 0.6 is 11.3 Å². The van der Waals surface area contributed by atoms with Gasteiger partial charge in [-0.2, -0.15) is 5.10 Å². The summed E-state index contributed by atoms with van der Waals surface area (Å²) in [5.41, 5.74) is 4.38. The Kier molecular flexibility index (Phi) is 3.38. The highest BCUT2D eigenvalue weighted by atomic mass is 32.1. The minimum atomic E-state index is 0.711. The molecule has 0 radical (unpaired) electrons. The zero-order chi connectivity index (χ0) is 17.0. The van der Waals surface area contributed by atoms with Crippen LogP contribution in [0, 0.1) is 0 Å². The molecular weight excluding hydrogens is 328 g/mol. The Morgan fingerprint density at radius 1 is 1.24 bits per heavy atom. The van der Waals surface area contributed by atoms with E-state index in [1.54, 1.807) is 0 Å². The van der Waals surface area contributed by atoms with E-state index >= 15 is 0 Å². The quantitative estimate of drug-likeness (QED) is 0.517. The molecule has 4 aromatic heterocycles. The molecule has 126 valence electrons. The molecular formula is C20H20N4S. The van der Waals surface area contributed by atoms with Crippen LogP contribution in [-0.2, 0) is 13.5 Å². The highest BCUT2D eigenvalue weighted by Crippen LogP contribution is 2.45. The third-order valence-corrected chi connectivity index (χ3v) is 5.96. The maximum Gasteiger partial charge on any atom is 0.181 e. The summed E-state index contributed by atoms with van der Waals surface area (Å²) in [6.45, 7) is 2.24. The first-order chi connectivity index (χ1) is 12.2. The molecule has 0 unspecified atom stereocenters. The van der Waals surface area contributed by atoms with Crippen LogP contribution in [0.3, 0.4) is 0 Å². The lowest BCUT2D eigenvalue weighted by Gasteiger charge is -2.06. The number of pyridine rings is 2. The van der Waals surface area contributed by atoms with Crippen LogP contribution in [0.5, 0.6) is 0 Å². The Bertz CT molecular complexity index is 1090. The molecule has 1 aliphatic rings. The number of rotatable bonds is 4. The summed E-state index contributed by atoms with van der Waals surface area (Å²) in [4.78, 5) is 12.1. The Balaban J connectivity index is 1.68. The maximum absolute atomic E-state index is 4.98. The van der Waals surface area contributed by atoms with Gasteiger partial charge >= 0.3 is 0 Å². The highest BCUT2D eigenvalue weighted by molar-refractivity contribution is 7.18. The van der Waals surface area contributed by atoms with Gasteiger partial charge in [0.1, 0.15) is 4.83 Å². The van der Waals surface area contributed by atoms with Gasteiger partial charge in [0.05, 0.1) is 5.69 Å². The summed E-state index contributed by atoms with van der Waals surface area (Å²) in [6.07, 6.45) is 8.84. The number of hydrogen-bond donors (Lipinski definition) is 0. The fourth-order valence-electron chi connectivity index (χ4n) is 3.51. The van der Waals surface area contributed by atoms with Gasteiger partial charge < -0.3 is 0 Å². The van der Waals surface area contributed by atoms with Crippen molar-refractivity contribution in [2.75, 3.05) is 0 Å². The first-order valence-electron chi connectivity index (χ1n) is 8.94. The summed E-state index contributed by atoms with van der Waals surface area (Å²) in [7, 11) is 1.93. The van der Waals surface area contributed by atoms with Crippen LogP contribution in [-0.4, -0.2) is 19.7 Å². The van der Waals surface area contributed by atoms with Gasteiger partial charge in [-0.05, 0) is 48.9 Å². The summed E-state index contributed by atoms with van der Waals surface area (Å²) >= 11 is 1.85. The molecule has 5 rings (SSSR count). The van der Waals surface area contributed by atoms with Crippen LogP contribution < -0.4 is 0 Å². The smallest absolute Gasteiger partial charge is 0.181 e. The first kappa shape index (κ1) is 15.0.